The van der Waals surface area contributed by atoms with E-state index < -0.39 is 12.0 Å². The van der Waals surface area contributed by atoms with Gasteiger partial charge in [0.15, 0.2) is 0 Å². The van der Waals surface area contributed by atoms with Crippen molar-refractivity contribution in [2.45, 2.75) is 13.0 Å². The Morgan fingerprint density at radius 1 is 1.80 bits per heavy atom. The van der Waals surface area contributed by atoms with Crippen LogP contribution in [0.4, 0.5) is 0 Å². The average molecular weight is 163 g/mol. The number of hydrogen-bond donors (Lipinski definition) is 2. The van der Waals surface area contributed by atoms with E-state index in [1.807, 2.05) is 13.2 Å². The largest absolute Gasteiger partial charge is 0.480 e. The third-order valence-electron chi connectivity index (χ3n) is 1.33. The van der Waals surface area contributed by atoms with Gasteiger partial charge in [0.05, 0.1) is 0 Å². The third kappa shape index (κ3) is 3.08. The molecule has 0 spiro atoms. The van der Waals surface area contributed by atoms with Crippen LogP contribution < -0.4 is 5.73 Å². The van der Waals surface area contributed by atoms with Crippen molar-refractivity contribution >= 4 is 17.7 Å². The zero-order chi connectivity index (χ0) is 8.15. The van der Waals surface area contributed by atoms with Crippen LogP contribution in [0.5, 0.6) is 0 Å². The molecule has 1 unspecified atom stereocenters. The Kier molecular flexibility index (Phi) is 4.47. The van der Waals surface area contributed by atoms with E-state index in [2.05, 4.69) is 0 Å². The second-order valence-corrected chi connectivity index (χ2v) is 3.21. The van der Waals surface area contributed by atoms with E-state index in [0.29, 0.717) is 0 Å². The summed E-state index contributed by atoms with van der Waals surface area (Å²) in [6.07, 6.45) is 1.94. The maximum absolute atomic E-state index is 10.3. The van der Waals surface area contributed by atoms with Crippen molar-refractivity contribution in [2.24, 2.45) is 11.7 Å². The van der Waals surface area contributed by atoms with E-state index >= 15 is 0 Å². The van der Waals surface area contributed by atoms with Crippen molar-refractivity contribution in [1.82, 2.24) is 0 Å². The van der Waals surface area contributed by atoms with E-state index in [1.54, 1.807) is 11.8 Å². The zero-order valence-corrected chi connectivity index (χ0v) is 7.02. The Balaban J connectivity index is 3.69. The van der Waals surface area contributed by atoms with Gasteiger partial charge in [-0.3, -0.25) is 4.79 Å². The molecule has 0 amide bonds. The van der Waals surface area contributed by atoms with Gasteiger partial charge < -0.3 is 10.8 Å². The van der Waals surface area contributed by atoms with E-state index in [9.17, 15) is 4.79 Å². The first-order valence-corrected chi connectivity index (χ1v) is 4.46. The van der Waals surface area contributed by atoms with Crippen LogP contribution in [0, 0.1) is 5.92 Å². The highest BCUT2D eigenvalue weighted by Gasteiger charge is 2.18. The van der Waals surface area contributed by atoms with Gasteiger partial charge in [0.25, 0.3) is 0 Å². The first kappa shape index (κ1) is 9.78. The fourth-order valence-electron chi connectivity index (χ4n) is 0.610. The van der Waals surface area contributed by atoms with Crippen molar-refractivity contribution in [3.05, 3.63) is 0 Å². The van der Waals surface area contributed by atoms with Gasteiger partial charge in [-0.2, -0.15) is 11.8 Å². The van der Waals surface area contributed by atoms with Crippen LogP contribution in [0.1, 0.15) is 6.92 Å². The molecule has 0 saturated carbocycles. The van der Waals surface area contributed by atoms with E-state index in [4.69, 9.17) is 10.8 Å². The monoisotopic (exact) mass is 163 g/mol. The first-order chi connectivity index (χ1) is 4.59. The SMILES string of the molecule is CSCC(C)[C@H](N)C(=O)O. The number of carboxylic acids is 1. The van der Waals surface area contributed by atoms with E-state index in [1.165, 1.54) is 0 Å². The quantitative estimate of drug-likeness (QED) is 0.629. The summed E-state index contributed by atoms with van der Waals surface area (Å²) in [5.74, 6) is -0.0675. The van der Waals surface area contributed by atoms with Gasteiger partial charge in [-0.25, -0.2) is 0 Å². The van der Waals surface area contributed by atoms with Crippen LogP contribution in [0.15, 0.2) is 0 Å². The molecule has 0 fully saturated rings. The van der Waals surface area contributed by atoms with Crippen LogP contribution in [-0.4, -0.2) is 29.1 Å². The molecule has 4 heteroatoms. The minimum atomic E-state index is -0.915. The van der Waals surface area contributed by atoms with Gasteiger partial charge in [-0.1, -0.05) is 6.92 Å². The van der Waals surface area contributed by atoms with Gasteiger partial charge in [0, 0.05) is 0 Å². The second-order valence-electron chi connectivity index (χ2n) is 2.30. The fourth-order valence-corrected chi connectivity index (χ4v) is 1.34. The first-order valence-electron chi connectivity index (χ1n) is 3.07. The Hall–Kier alpha value is -0.220. The summed E-state index contributed by atoms with van der Waals surface area (Å²) in [5, 5.41) is 8.44. The summed E-state index contributed by atoms with van der Waals surface area (Å²) in [6.45, 7) is 1.84. The molecule has 2 atom stereocenters. The molecule has 3 nitrogen and oxygen atoms in total. The van der Waals surface area contributed by atoms with Gasteiger partial charge in [-0.05, 0) is 17.9 Å². The van der Waals surface area contributed by atoms with Crippen molar-refractivity contribution in [2.75, 3.05) is 12.0 Å². The highest BCUT2D eigenvalue weighted by Crippen LogP contribution is 2.07. The number of carbonyl (C=O) groups is 1. The summed E-state index contributed by atoms with van der Waals surface area (Å²) in [4.78, 5) is 10.3. The Morgan fingerprint density at radius 3 is 2.60 bits per heavy atom. The predicted molar refractivity (Wildman–Crippen MR) is 43.2 cm³/mol. The van der Waals surface area contributed by atoms with Crippen LogP contribution in [0.25, 0.3) is 0 Å². The Morgan fingerprint density at radius 2 is 2.30 bits per heavy atom. The molecule has 0 heterocycles. The molecular weight excluding hydrogens is 150 g/mol. The predicted octanol–water partition coefficient (Wildman–Crippen LogP) is 0.397. The van der Waals surface area contributed by atoms with Gasteiger partial charge in [0.2, 0.25) is 0 Å². The standard InChI is InChI=1S/C6H13NO2S/c1-4(3-10-2)5(7)6(8)9/h4-5H,3,7H2,1-2H3,(H,8,9)/t4?,5-/m0/s1. The van der Waals surface area contributed by atoms with Gasteiger partial charge in [0.1, 0.15) is 6.04 Å². The number of thioether (sulfide) groups is 1. The molecule has 10 heavy (non-hydrogen) atoms. The number of hydrogen-bond acceptors (Lipinski definition) is 3. The molecule has 0 rings (SSSR count). The van der Waals surface area contributed by atoms with Crippen molar-refractivity contribution in [3.8, 4) is 0 Å². The lowest BCUT2D eigenvalue weighted by Crippen LogP contribution is -2.37. The lowest BCUT2D eigenvalue weighted by atomic mass is 10.1. The Labute approximate surface area is 65.0 Å². The topological polar surface area (TPSA) is 63.3 Å². The average Bonchev–Trinajstić information content (AvgIpc) is 1.87. The highest BCUT2D eigenvalue weighted by molar-refractivity contribution is 7.98. The van der Waals surface area contributed by atoms with Crippen LogP contribution in [0.2, 0.25) is 0 Å². The zero-order valence-electron chi connectivity index (χ0n) is 6.20. The summed E-state index contributed by atoms with van der Waals surface area (Å²) >= 11 is 1.61. The molecule has 0 aliphatic heterocycles. The van der Waals surface area contributed by atoms with Gasteiger partial charge in [-0.15, -0.1) is 0 Å². The molecule has 0 bridgehead atoms. The summed E-state index contributed by atoms with van der Waals surface area (Å²) in [5.41, 5.74) is 5.33. The van der Waals surface area contributed by atoms with Crippen LogP contribution in [0.3, 0.4) is 0 Å². The molecule has 0 aromatic heterocycles. The maximum Gasteiger partial charge on any atom is 0.320 e. The number of aliphatic carboxylic acids is 1. The summed E-state index contributed by atoms with van der Waals surface area (Å²) in [7, 11) is 0. The number of nitrogens with two attached hydrogens (primary N) is 1. The molecule has 0 aliphatic carbocycles. The molecule has 0 saturated heterocycles. The Bertz CT molecular complexity index is 118. The maximum atomic E-state index is 10.3. The minimum Gasteiger partial charge on any atom is -0.480 e. The molecule has 3 N–H and O–H groups in total. The summed E-state index contributed by atoms with van der Waals surface area (Å²) in [6, 6.07) is -0.715. The smallest absolute Gasteiger partial charge is 0.320 e. The molecule has 60 valence electrons. The van der Waals surface area contributed by atoms with E-state index in [0.717, 1.165) is 5.75 Å². The normalized spacial score (nSPS) is 16.3. The van der Waals surface area contributed by atoms with Crippen LogP contribution >= 0.6 is 11.8 Å². The van der Waals surface area contributed by atoms with Gasteiger partial charge >= 0.3 is 5.97 Å². The van der Waals surface area contributed by atoms with Crippen LogP contribution in [-0.2, 0) is 4.79 Å². The van der Waals surface area contributed by atoms with Crippen molar-refractivity contribution < 1.29 is 9.90 Å². The molecular formula is C6H13NO2S. The highest BCUT2D eigenvalue weighted by atomic mass is 32.2. The third-order valence-corrected chi connectivity index (χ3v) is 2.19. The van der Waals surface area contributed by atoms with E-state index in [-0.39, 0.29) is 5.92 Å². The minimum absolute atomic E-state index is 0.0486. The second kappa shape index (κ2) is 4.57. The number of rotatable bonds is 4. The molecule has 0 aromatic carbocycles. The van der Waals surface area contributed by atoms with Crippen molar-refractivity contribution in [3.63, 3.8) is 0 Å². The molecule has 0 radical (unpaired) electrons. The lowest BCUT2D eigenvalue weighted by Gasteiger charge is -2.13. The lowest BCUT2D eigenvalue weighted by molar-refractivity contribution is -0.139. The summed E-state index contributed by atoms with van der Waals surface area (Å²) < 4.78 is 0. The molecule has 0 aromatic rings. The van der Waals surface area contributed by atoms with Crippen molar-refractivity contribution in [1.29, 1.82) is 0 Å². The fraction of sp³-hybridized carbons (Fsp3) is 0.833. The number of carboxylic acid groups (broad SMARTS) is 1. The molecule has 0 aliphatic rings.